The van der Waals surface area contributed by atoms with Crippen LogP contribution >= 0.6 is 0 Å². The van der Waals surface area contributed by atoms with E-state index in [9.17, 15) is 22.3 Å². The second-order valence-electron chi connectivity index (χ2n) is 5.26. The Balaban J connectivity index is 2.26. The minimum Gasteiger partial charge on any atom is -0.394 e. The van der Waals surface area contributed by atoms with Gasteiger partial charge < -0.3 is 10.8 Å². The van der Waals surface area contributed by atoms with Crippen LogP contribution in [0.1, 0.15) is 19.8 Å². The molecule has 0 amide bonds. The summed E-state index contributed by atoms with van der Waals surface area (Å²) in [5, 5.41) is 9.51. The summed E-state index contributed by atoms with van der Waals surface area (Å²) in [4.78, 5) is -0.614. The van der Waals surface area contributed by atoms with E-state index in [-0.39, 0.29) is 19.0 Å². The van der Waals surface area contributed by atoms with Gasteiger partial charge in [0.15, 0.2) is 5.82 Å². The van der Waals surface area contributed by atoms with Crippen molar-refractivity contribution in [2.45, 2.75) is 30.8 Å². The van der Waals surface area contributed by atoms with Crippen LogP contribution in [0.2, 0.25) is 0 Å². The molecule has 1 aromatic rings. The minimum atomic E-state index is -4.05. The number of nitrogens with zero attached hydrogens (tertiary/aromatic N) is 1. The van der Waals surface area contributed by atoms with E-state index < -0.39 is 38.3 Å². The molecule has 1 aliphatic heterocycles. The van der Waals surface area contributed by atoms with E-state index in [1.165, 1.54) is 0 Å². The Morgan fingerprint density at radius 3 is 2.43 bits per heavy atom. The Kier molecular flexibility index (Phi) is 4.50. The predicted molar refractivity (Wildman–Crippen MR) is 73.9 cm³/mol. The van der Waals surface area contributed by atoms with Crippen LogP contribution in [-0.2, 0) is 10.0 Å². The van der Waals surface area contributed by atoms with Crippen molar-refractivity contribution in [2.24, 2.45) is 5.92 Å². The second-order valence-corrected chi connectivity index (χ2v) is 7.16. The summed E-state index contributed by atoms with van der Waals surface area (Å²) >= 11 is 0. The summed E-state index contributed by atoms with van der Waals surface area (Å²) in [7, 11) is -4.05. The van der Waals surface area contributed by atoms with Gasteiger partial charge in [-0.15, -0.1) is 0 Å². The lowest BCUT2D eigenvalue weighted by Gasteiger charge is -2.32. The third-order valence-electron chi connectivity index (χ3n) is 3.89. The van der Waals surface area contributed by atoms with Gasteiger partial charge in [0.25, 0.3) is 0 Å². The zero-order valence-electron chi connectivity index (χ0n) is 11.6. The molecule has 21 heavy (non-hydrogen) atoms. The van der Waals surface area contributed by atoms with Gasteiger partial charge in [-0.25, -0.2) is 17.2 Å². The SMILES string of the molecule is CC(O)C1CCN(S(=O)(=O)c2ccc(F)c(N)c2F)CC1. The number of benzene rings is 1. The monoisotopic (exact) mass is 320 g/mol. The zero-order valence-corrected chi connectivity index (χ0v) is 12.4. The lowest BCUT2D eigenvalue weighted by Crippen LogP contribution is -2.41. The van der Waals surface area contributed by atoms with Gasteiger partial charge in [-0.3, -0.25) is 0 Å². The maximum Gasteiger partial charge on any atom is 0.246 e. The van der Waals surface area contributed by atoms with Gasteiger partial charge in [-0.05, 0) is 37.8 Å². The van der Waals surface area contributed by atoms with Gasteiger partial charge in [0.2, 0.25) is 10.0 Å². The van der Waals surface area contributed by atoms with Crippen molar-refractivity contribution in [3.8, 4) is 0 Å². The average Bonchev–Trinajstić information content (AvgIpc) is 2.44. The molecule has 1 fully saturated rings. The van der Waals surface area contributed by atoms with Gasteiger partial charge >= 0.3 is 0 Å². The number of hydrogen-bond donors (Lipinski definition) is 2. The Morgan fingerprint density at radius 1 is 1.33 bits per heavy atom. The first kappa shape index (κ1) is 16.1. The highest BCUT2D eigenvalue weighted by molar-refractivity contribution is 7.89. The summed E-state index contributed by atoms with van der Waals surface area (Å²) in [6.45, 7) is 2.04. The first-order valence-electron chi connectivity index (χ1n) is 6.67. The normalized spacial score (nSPS) is 19.6. The number of nitrogens with two attached hydrogens (primary N) is 1. The number of piperidine rings is 1. The molecule has 1 unspecified atom stereocenters. The molecule has 1 saturated heterocycles. The van der Waals surface area contributed by atoms with Crippen LogP contribution in [0.15, 0.2) is 17.0 Å². The lowest BCUT2D eigenvalue weighted by atomic mass is 9.93. The first-order chi connectivity index (χ1) is 9.75. The highest BCUT2D eigenvalue weighted by Gasteiger charge is 2.33. The average molecular weight is 320 g/mol. The molecule has 0 bridgehead atoms. The van der Waals surface area contributed by atoms with Crippen molar-refractivity contribution < 1.29 is 22.3 Å². The smallest absolute Gasteiger partial charge is 0.246 e. The van der Waals surface area contributed by atoms with Crippen LogP contribution in [0.3, 0.4) is 0 Å². The molecular formula is C13H18F2N2O3S. The van der Waals surface area contributed by atoms with Crippen molar-refractivity contribution in [1.82, 2.24) is 4.31 Å². The number of aliphatic hydroxyl groups is 1. The van der Waals surface area contributed by atoms with Crippen molar-refractivity contribution in [2.75, 3.05) is 18.8 Å². The molecule has 2 rings (SSSR count). The molecule has 8 heteroatoms. The molecule has 0 aliphatic carbocycles. The van der Waals surface area contributed by atoms with Gasteiger partial charge in [0.05, 0.1) is 6.10 Å². The molecule has 1 aromatic carbocycles. The third-order valence-corrected chi connectivity index (χ3v) is 5.81. The van der Waals surface area contributed by atoms with Gasteiger partial charge in [0.1, 0.15) is 16.4 Å². The fourth-order valence-electron chi connectivity index (χ4n) is 2.49. The van der Waals surface area contributed by atoms with Crippen LogP contribution in [-0.4, -0.2) is 37.0 Å². The van der Waals surface area contributed by atoms with E-state index in [2.05, 4.69) is 0 Å². The van der Waals surface area contributed by atoms with E-state index in [4.69, 9.17) is 5.73 Å². The Labute approximate surface area is 122 Å². The van der Waals surface area contributed by atoms with Crippen molar-refractivity contribution in [3.05, 3.63) is 23.8 Å². The second kappa shape index (κ2) is 5.86. The van der Waals surface area contributed by atoms with Gasteiger partial charge in [0, 0.05) is 13.1 Å². The van der Waals surface area contributed by atoms with E-state index in [0.717, 1.165) is 16.4 Å². The lowest BCUT2D eigenvalue weighted by molar-refractivity contribution is 0.0911. The molecular weight excluding hydrogens is 302 g/mol. The van der Waals surface area contributed by atoms with Gasteiger partial charge in [-0.1, -0.05) is 0 Å². The van der Waals surface area contributed by atoms with Crippen LogP contribution < -0.4 is 5.73 Å². The van der Waals surface area contributed by atoms with Crippen LogP contribution in [0.5, 0.6) is 0 Å². The maximum atomic E-state index is 13.9. The number of hydrogen-bond acceptors (Lipinski definition) is 4. The molecule has 0 radical (unpaired) electrons. The van der Waals surface area contributed by atoms with Gasteiger partial charge in [-0.2, -0.15) is 4.31 Å². The first-order valence-corrected chi connectivity index (χ1v) is 8.11. The summed E-state index contributed by atoms with van der Waals surface area (Å²) in [6.07, 6.45) is 0.484. The molecule has 1 heterocycles. The number of rotatable bonds is 3. The summed E-state index contributed by atoms with van der Waals surface area (Å²) in [5.41, 5.74) is 4.41. The zero-order chi connectivity index (χ0) is 15.8. The van der Waals surface area contributed by atoms with E-state index in [1.807, 2.05) is 0 Å². The molecule has 0 aromatic heterocycles. The van der Waals surface area contributed by atoms with E-state index >= 15 is 0 Å². The topological polar surface area (TPSA) is 83.6 Å². The highest BCUT2D eigenvalue weighted by Crippen LogP contribution is 2.29. The van der Waals surface area contributed by atoms with Crippen molar-refractivity contribution in [3.63, 3.8) is 0 Å². The quantitative estimate of drug-likeness (QED) is 0.823. The molecule has 1 atom stereocenters. The summed E-state index contributed by atoms with van der Waals surface area (Å²) < 4.78 is 53.0. The third kappa shape index (κ3) is 3.02. The van der Waals surface area contributed by atoms with Crippen LogP contribution in [0, 0.1) is 17.6 Å². The fraction of sp³-hybridized carbons (Fsp3) is 0.538. The highest BCUT2D eigenvalue weighted by atomic mass is 32.2. The van der Waals surface area contributed by atoms with Crippen molar-refractivity contribution in [1.29, 1.82) is 0 Å². The molecule has 5 nitrogen and oxygen atoms in total. The number of halogens is 2. The molecule has 0 spiro atoms. The van der Waals surface area contributed by atoms with Crippen molar-refractivity contribution >= 4 is 15.7 Å². The number of anilines is 1. The molecule has 118 valence electrons. The fourth-order valence-corrected chi connectivity index (χ4v) is 4.03. The van der Waals surface area contributed by atoms with Crippen LogP contribution in [0.25, 0.3) is 0 Å². The largest absolute Gasteiger partial charge is 0.394 e. The number of nitrogen functional groups attached to an aromatic ring is 1. The Bertz CT molecular complexity index is 627. The van der Waals surface area contributed by atoms with Crippen LogP contribution in [0.4, 0.5) is 14.5 Å². The minimum absolute atomic E-state index is 0.0274. The Hall–Kier alpha value is -1.25. The van der Waals surface area contributed by atoms with E-state index in [1.54, 1.807) is 6.92 Å². The molecule has 0 saturated carbocycles. The predicted octanol–water partition coefficient (Wildman–Crippen LogP) is 1.33. The molecule has 1 aliphatic rings. The Morgan fingerprint density at radius 2 is 1.90 bits per heavy atom. The maximum absolute atomic E-state index is 13.9. The summed E-state index contributed by atoms with van der Waals surface area (Å²) in [6, 6.07) is 1.73. The van der Waals surface area contributed by atoms with E-state index in [0.29, 0.717) is 12.8 Å². The summed E-state index contributed by atoms with van der Waals surface area (Å²) in [5.74, 6) is -2.22. The standard InChI is InChI=1S/C13H18F2N2O3S/c1-8(18)9-4-6-17(7-5-9)21(19,20)11-3-2-10(14)13(16)12(11)15/h2-3,8-9,18H,4-7,16H2,1H3. The number of sulfonamides is 1. The number of aliphatic hydroxyl groups excluding tert-OH is 1. The molecule has 3 N–H and O–H groups in total.